The molecule has 0 bridgehead atoms. The van der Waals surface area contributed by atoms with Crippen molar-refractivity contribution in [3.8, 4) is 11.8 Å². The van der Waals surface area contributed by atoms with Crippen molar-refractivity contribution in [3.05, 3.63) is 58.3 Å². The van der Waals surface area contributed by atoms with Crippen molar-refractivity contribution in [2.45, 2.75) is 5.60 Å². The van der Waals surface area contributed by atoms with E-state index in [-0.39, 0.29) is 0 Å². The van der Waals surface area contributed by atoms with Gasteiger partial charge in [-0.2, -0.15) is 0 Å². The average Bonchev–Trinajstić information content (AvgIpc) is 3.12. The quantitative estimate of drug-likeness (QED) is 0.883. The van der Waals surface area contributed by atoms with E-state index in [1.165, 1.54) is 11.3 Å². The Hall–Kier alpha value is -1.64. The molecule has 4 heteroatoms. The van der Waals surface area contributed by atoms with E-state index in [9.17, 15) is 5.11 Å². The Morgan fingerprint density at radius 3 is 2.59 bits per heavy atom. The van der Waals surface area contributed by atoms with Crippen LogP contribution in [0.4, 0.5) is 0 Å². The summed E-state index contributed by atoms with van der Waals surface area (Å²) in [5, 5.41) is 13.1. The molecular weight excluding hydrogens is 294 g/mol. The Bertz CT molecular complexity index is 639. The summed E-state index contributed by atoms with van der Waals surface area (Å²) in [7, 11) is 0. The first-order valence-electron chi connectivity index (χ1n) is 7.41. The summed E-state index contributed by atoms with van der Waals surface area (Å²) in [6, 6.07) is 13.5. The maximum atomic E-state index is 11.2. The van der Waals surface area contributed by atoms with Crippen LogP contribution in [0.1, 0.15) is 10.4 Å². The third kappa shape index (κ3) is 3.40. The van der Waals surface area contributed by atoms with Crippen molar-refractivity contribution in [2.75, 3.05) is 32.8 Å². The van der Waals surface area contributed by atoms with Crippen molar-refractivity contribution in [1.82, 2.24) is 4.90 Å². The van der Waals surface area contributed by atoms with E-state index in [2.05, 4.69) is 16.7 Å². The van der Waals surface area contributed by atoms with Crippen molar-refractivity contribution in [2.24, 2.45) is 0 Å². The van der Waals surface area contributed by atoms with E-state index >= 15 is 0 Å². The number of hydrogen-bond acceptors (Lipinski definition) is 4. The highest BCUT2D eigenvalue weighted by Crippen LogP contribution is 2.32. The molecule has 1 N–H and O–H groups in total. The van der Waals surface area contributed by atoms with Gasteiger partial charge in [-0.3, -0.25) is 4.90 Å². The number of aliphatic hydroxyl groups is 1. The van der Waals surface area contributed by atoms with Gasteiger partial charge in [0.2, 0.25) is 0 Å². The van der Waals surface area contributed by atoms with Crippen molar-refractivity contribution in [3.63, 3.8) is 0 Å². The highest BCUT2D eigenvalue weighted by Gasteiger charge is 2.30. The smallest absolute Gasteiger partial charge is 0.186 e. The fourth-order valence-corrected chi connectivity index (χ4v) is 3.28. The molecule has 1 fully saturated rings. The van der Waals surface area contributed by atoms with Gasteiger partial charge in [0.15, 0.2) is 5.60 Å². The zero-order chi connectivity index (χ0) is 15.3. The van der Waals surface area contributed by atoms with E-state index in [0.29, 0.717) is 6.54 Å². The first kappa shape index (κ1) is 15.3. The highest BCUT2D eigenvalue weighted by atomic mass is 32.1. The van der Waals surface area contributed by atoms with Crippen LogP contribution >= 0.6 is 11.3 Å². The van der Waals surface area contributed by atoms with Gasteiger partial charge in [-0.25, -0.2) is 0 Å². The molecule has 0 amide bonds. The molecule has 1 saturated heterocycles. The van der Waals surface area contributed by atoms with Crippen LogP contribution in [-0.4, -0.2) is 42.9 Å². The summed E-state index contributed by atoms with van der Waals surface area (Å²) < 4.78 is 5.34. The lowest BCUT2D eigenvalue weighted by Gasteiger charge is -2.25. The fourth-order valence-electron chi connectivity index (χ4n) is 2.48. The minimum atomic E-state index is -1.23. The Balaban J connectivity index is 1.84. The van der Waals surface area contributed by atoms with Crippen LogP contribution in [-0.2, 0) is 10.3 Å². The lowest BCUT2D eigenvalue weighted by molar-refractivity contribution is 0.0442. The van der Waals surface area contributed by atoms with Gasteiger partial charge in [0.25, 0.3) is 0 Å². The summed E-state index contributed by atoms with van der Waals surface area (Å²) in [6.07, 6.45) is 0. The summed E-state index contributed by atoms with van der Waals surface area (Å²) in [5.74, 6) is 6.26. The molecule has 1 aromatic carbocycles. The fraction of sp³-hybridized carbons (Fsp3) is 0.333. The monoisotopic (exact) mass is 313 g/mol. The van der Waals surface area contributed by atoms with Gasteiger partial charge in [-0.05, 0) is 11.4 Å². The van der Waals surface area contributed by atoms with Crippen molar-refractivity contribution >= 4 is 11.3 Å². The van der Waals surface area contributed by atoms with Crippen molar-refractivity contribution in [1.29, 1.82) is 0 Å². The number of thiophene rings is 1. The van der Waals surface area contributed by atoms with Crippen molar-refractivity contribution < 1.29 is 9.84 Å². The Labute approximate surface area is 135 Å². The predicted molar refractivity (Wildman–Crippen MR) is 88.8 cm³/mol. The van der Waals surface area contributed by atoms with Gasteiger partial charge in [-0.15, -0.1) is 11.3 Å². The first-order valence-corrected chi connectivity index (χ1v) is 8.29. The second-order valence-electron chi connectivity index (χ2n) is 5.24. The van der Waals surface area contributed by atoms with Crippen LogP contribution in [0.25, 0.3) is 0 Å². The van der Waals surface area contributed by atoms with E-state index in [1.807, 2.05) is 47.8 Å². The normalized spacial score (nSPS) is 18.2. The number of morpholine rings is 1. The first-order chi connectivity index (χ1) is 10.8. The molecule has 0 saturated carbocycles. The average molecular weight is 313 g/mol. The summed E-state index contributed by atoms with van der Waals surface area (Å²) in [5.41, 5.74) is -0.422. The van der Waals surface area contributed by atoms with E-state index in [1.54, 1.807) is 0 Å². The molecule has 2 aromatic rings. The molecule has 1 unspecified atom stereocenters. The molecule has 1 aliphatic rings. The second-order valence-corrected chi connectivity index (χ2v) is 6.19. The standard InChI is InChI=1S/C18H19NO2S/c20-18(17-8-4-15-22-17,16-6-2-1-3-7-16)9-5-10-19-11-13-21-14-12-19/h1-4,6-8,15,20H,10-14H2. The second kappa shape index (κ2) is 7.08. The number of nitrogens with zero attached hydrogens (tertiary/aromatic N) is 1. The van der Waals surface area contributed by atoms with Crippen LogP contribution in [0.3, 0.4) is 0 Å². The highest BCUT2D eigenvalue weighted by molar-refractivity contribution is 7.10. The lowest BCUT2D eigenvalue weighted by atomic mass is 9.93. The SMILES string of the molecule is OC(C#CCN1CCOCC1)(c1ccccc1)c1cccs1. The number of rotatable bonds is 3. The van der Waals surface area contributed by atoms with Crippen LogP contribution in [0, 0.1) is 11.8 Å². The number of ether oxygens (including phenoxy) is 1. The Morgan fingerprint density at radius 2 is 1.91 bits per heavy atom. The Kier molecular flexibility index (Phi) is 4.91. The van der Waals surface area contributed by atoms with Crippen LogP contribution < -0.4 is 0 Å². The molecule has 1 aromatic heterocycles. The molecule has 114 valence electrons. The van der Waals surface area contributed by atoms with E-state index in [0.717, 1.165) is 36.7 Å². The summed E-state index contributed by atoms with van der Waals surface area (Å²) in [6.45, 7) is 3.98. The molecular formula is C18H19NO2S. The largest absolute Gasteiger partial charge is 0.379 e. The zero-order valence-electron chi connectivity index (χ0n) is 12.4. The predicted octanol–water partition coefficient (Wildman–Crippen LogP) is 2.32. The molecule has 1 aliphatic heterocycles. The van der Waals surface area contributed by atoms with Crippen LogP contribution in [0.5, 0.6) is 0 Å². The molecule has 0 spiro atoms. The minimum Gasteiger partial charge on any atom is -0.379 e. The molecule has 1 atom stereocenters. The van der Waals surface area contributed by atoms with Gasteiger partial charge in [0, 0.05) is 18.7 Å². The van der Waals surface area contributed by atoms with E-state index < -0.39 is 5.60 Å². The molecule has 0 radical (unpaired) electrons. The number of benzene rings is 1. The lowest BCUT2D eigenvalue weighted by Crippen LogP contribution is -2.36. The topological polar surface area (TPSA) is 32.7 Å². The zero-order valence-corrected chi connectivity index (χ0v) is 13.2. The molecule has 3 nitrogen and oxygen atoms in total. The Morgan fingerprint density at radius 1 is 1.14 bits per heavy atom. The maximum Gasteiger partial charge on any atom is 0.186 e. The van der Waals surface area contributed by atoms with Crippen LogP contribution in [0.15, 0.2) is 47.8 Å². The van der Waals surface area contributed by atoms with Gasteiger partial charge in [-0.1, -0.05) is 48.2 Å². The van der Waals surface area contributed by atoms with Gasteiger partial charge >= 0.3 is 0 Å². The third-order valence-electron chi connectivity index (χ3n) is 3.74. The third-order valence-corrected chi connectivity index (χ3v) is 4.72. The van der Waals surface area contributed by atoms with Gasteiger partial charge in [0.05, 0.1) is 24.6 Å². The van der Waals surface area contributed by atoms with Crippen LogP contribution in [0.2, 0.25) is 0 Å². The molecule has 0 aliphatic carbocycles. The molecule has 22 heavy (non-hydrogen) atoms. The summed E-state index contributed by atoms with van der Waals surface area (Å²) in [4.78, 5) is 3.10. The molecule has 2 heterocycles. The van der Waals surface area contributed by atoms with E-state index in [4.69, 9.17) is 4.74 Å². The van der Waals surface area contributed by atoms with Gasteiger partial charge < -0.3 is 9.84 Å². The van der Waals surface area contributed by atoms with Gasteiger partial charge in [0.1, 0.15) is 0 Å². The maximum absolute atomic E-state index is 11.2. The summed E-state index contributed by atoms with van der Waals surface area (Å²) >= 11 is 1.52. The minimum absolute atomic E-state index is 0.657. The number of hydrogen-bond donors (Lipinski definition) is 1. The molecule has 3 rings (SSSR count).